The van der Waals surface area contributed by atoms with Crippen LogP contribution < -0.4 is 15.6 Å². The first kappa shape index (κ1) is 18.7. The first-order chi connectivity index (χ1) is 12.0. The van der Waals surface area contributed by atoms with Crippen LogP contribution in [0.15, 0.2) is 42.5 Å². The van der Waals surface area contributed by atoms with Crippen molar-refractivity contribution in [2.45, 2.75) is 19.8 Å². The second kappa shape index (κ2) is 9.03. The Balaban J connectivity index is 1.68. The van der Waals surface area contributed by atoms with Crippen molar-refractivity contribution in [3.05, 3.63) is 64.4 Å². The molecule has 0 aliphatic carbocycles. The highest BCUT2D eigenvalue weighted by molar-refractivity contribution is 6.30. The van der Waals surface area contributed by atoms with Crippen molar-refractivity contribution in [2.24, 2.45) is 0 Å². The maximum absolute atomic E-state index is 13.0. The molecule has 0 spiro atoms. The third-order valence-corrected chi connectivity index (χ3v) is 3.58. The third-order valence-electron chi connectivity index (χ3n) is 3.34. The lowest BCUT2D eigenvalue weighted by Crippen LogP contribution is -2.41. The normalized spacial score (nSPS) is 10.2. The number of amides is 2. The number of rotatable bonds is 6. The van der Waals surface area contributed by atoms with Gasteiger partial charge in [-0.05, 0) is 55.3 Å². The second-order valence-corrected chi connectivity index (χ2v) is 5.81. The van der Waals surface area contributed by atoms with Crippen LogP contribution in [0.1, 0.15) is 28.8 Å². The Bertz CT molecular complexity index is 768. The Kier molecular flexibility index (Phi) is 6.77. The van der Waals surface area contributed by atoms with Gasteiger partial charge in [0.15, 0.2) is 0 Å². The Morgan fingerprint density at radius 3 is 2.68 bits per heavy atom. The summed E-state index contributed by atoms with van der Waals surface area (Å²) >= 11 is 5.87. The average molecular weight is 365 g/mol. The molecule has 0 saturated heterocycles. The summed E-state index contributed by atoms with van der Waals surface area (Å²) in [5, 5.41) is 0.637. The van der Waals surface area contributed by atoms with Crippen molar-refractivity contribution in [3.63, 3.8) is 0 Å². The van der Waals surface area contributed by atoms with Gasteiger partial charge in [-0.25, -0.2) is 4.39 Å². The van der Waals surface area contributed by atoms with Crippen LogP contribution in [0.3, 0.4) is 0 Å². The first-order valence-electron chi connectivity index (χ1n) is 7.69. The fraction of sp³-hybridized carbons (Fsp3) is 0.222. The maximum atomic E-state index is 13.0. The van der Waals surface area contributed by atoms with Crippen LogP contribution in [0.2, 0.25) is 5.02 Å². The molecule has 0 fully saturated rings. The van der Waals surface area contributed by atoms with Crippen LogP contribution in [0.25, 0.3) is 0 Å². The van der Waals surface area contributed by atoms with E-state index in [0.29, 0.717) is 23.8 Å². The lowest BCUT2D eigenvalue weighted by atomic mass is 10.2. The van der Waals surface area contributed by atoms with E-state index in [2.05, 4.69) is 10.9 Å². The van der Waals surface area contributed by atoms with Crippen molar-refractivity contribution in [3.8, 4) is 5.75 Å². The summed E-state index contributed by atoms with van der Waals surface area (Å²) in [6, 6.07) is 10.5. The summed E-state index contributed by atoms with van der Waals surface area (Å²) in [5.74, 6) is -0.750. The molecule has 0 aromatic heterocycles. The highest BCUT2D eigenvalue weighted by Gasteiger charge is 2.08. The summed E-state index contributed by atoms with van der Waals surface area (Å²) in [6.45, 7) is 2.24. The van der Waals surface area contributed by atoms with E-state index in [-0.39, 0.29) is 17.9 Å². The summed E-state index contributed by atoms with van der Waals surface area (Å²) < 4.78 is 18.6. The van der Waals surface area contributed by atoms with Crippen LogP contribution in [0.4, 0.5) is 4.39 Å². The van der Waals surface area contributed by atoms with Gasteiger partial charge in [-0.2, -0.15) is 0 Å². The molecule has 25 heavy (non-hydrogen) atoms. The number of carbonyl (C=O) groups is 2. The molecular formula is C18H18ClFN2O3. The van der Waals surface area contributed by atoms with E-state index < -0.39 is 11.7 Å². The molecule has 2 rings (SSSR count). The Hall–Kier alpha value is -2.60. The van der Waals surface area contributed by atoms with E-state index in [1.807, 2.05) is 6.92 Å². The number of halogens is 2. The molecular weight excluding hydrogens is 347 g/mol. The lowest BCUT2D eigenvalue weighted by molar-refractivity contribution is -0.122. The van der Waals surface area contributed by atoms with Crippen LogP contribution in [0.5, 0.6) is 5.75 Å². The van der Waals surface area contributed by atoms with Gasteiger partial charge < -0.3 is 4.74 Å². The van der Waals surface area contributed by atoms with Crippen molar-refractivity contribution < 1.29 is 18.7 Å². The second-order valence-electron chi connectivity index (χ2n) is 5.37. The molecule has 0 radical (unpaired) electrons. The number of carbonyl (C=O) groups excluding carboxylic acids is 2. The standard InChI is InChI=1S/C18H18ClFN2O3/c1-12-10-14(19)7-8-16(12)25-9-3-6-17(23)21-22-18(24)13-4-2-5-15(20)11-13/h2,4-5,7-8,10-11H,3,6,9H2,1H3,(H,21,23)(H,22,24). The van der Waals surface area contributed by atoms with E-state index in [0.717, 1.165) is 11.6 Å². The molecule has 0 unspecified atom stereocenters. The van der Waals surface area contributed by atoms with Gasteiger partial charge in [0.05, 0.1) is 6.61 Å². The molecule has 7 heteroatoms. The highest BCUT2D eigenvalue weighted by atomic mass is 35.5. The van der Waals surface area contributed by atoms with Gasteiger partial charge in [-0.3, -0.25) is 20.4 Å². The third kappa shape index (κ3) is 6.08. The predicted molar refractivity (Wildman–Crippen MR) is 92.9 cm³/mol. The van der Waals surface area contributed by atoms with E-state index >= 15 is 0 Å². The van der Waals surface area contributed by atoms with Gasteiger partial charge in [0.25, 0.3) is 5.91 Å². The SMILES string of the molecule is Cc1cc(Cl)ccc1OCCCC(=O)NNC(=O)c1cccc(F)c1. The van der Waals surface area contributed by atoms with Gasteiger partial charge in [0.1, 0.15) is 11.6 Å². The minimum absolute atomic E-state index is 0.127. The van der Waals surface area contributed by atoms with Crippen molar-refractivity contribution in [1.82, 2.24) is 10.9 Å². The van der Waals surface area contributed by atoms with E-state index in [1.54, 1.807) is 18.2 Å². The molecule has 2 amide bonds. The summed E-state index contributed by atoms with van der Waals surface area (Å²) in [4.78, 5) is 23.4. The van der Waals surface area contributed by atoms with E-state index in [9.17, 15) is 14.0 Å². The zero-order valence-corrected chi connectivity index (χ0v) is 14.4. The zero-order chi connectivity index (χ0) is 18.2. The van der Waals surface area contributed by atoms with Crippen molar-refractivity contribution >= 4 is 23.4 Å². The first-order valence-corrected chi connectivity index (χ1v) is 8.07. The molecule has 0 aliphatic rings. The molecule has 2 N–H and O–H groups in total. The van der Waals surface area contributed by atoms with Gasteiger partial charge in [-0.15, -0.1) is 0 Å². The minimum Gasteiger partial charge on any atom is -0.493 e. The zero-order valence-electron chi connectivity index (χ0n) is 13.6. The molecule has 5 nitrogen and oxygen atoms in total. The quantitative estimate of drug-likeness (QED) is 0.609. The number of nitrogens with one attached hydrogen (secondary N) is 2. The topological polar surface area (TPSA) is 67.4 Å². The van der Waals surface area contributed by atoms with Crippen LogP contribution in [-0.2, 0) is 4.79 Å². The smallest absolute Gasteiger partial charge is 0.269 e. The minimum atomic E-state index is -0.583. The Morgan fingerprint density at radius 2 is 1.96 bits per heavy atom. The molecule has 2 aromatic carbocycles. The van der Waals surface area contributed by atoms with Crippen LogP contribution in [0, 0.1) is 12.7 Å². The van der Waals surface area contributed by atoms with Crippen molar-refractivity contribution in [2.75, 3.05) is 6.61 Å². The number of benzene rings is 2. The fourth-order valence-corrected chi connectivity index (χ4v) is 2.31. The summed E-state index contributed by atoms with van der Waals surface area (Å²) in [5.41, 5.74) is 5.57. The van der Waals surface area contributed by atoms with Crippen molar-refractivity contribution in [1.29, 1.82) is 0 Å². The van der Waals surface area contributed by atoms with Gasteiger partial charge in [-0.1, -0.05) is 17.7 Å². The Morgan fingerprint density at radius 1 is 1.16 bits per heavy atom. The average Bonchev–Trinajstić information content (AvgIpc) is 2.58. The van der Waals surface area contributed by atoms with Gasteiger partial charge in [0, 0.05) is 17.0 Å². The van der Waals surface area contributed by atoms with E-state index in [4.69, 9.17) is 16.3 Å². The fourth-order valence-electron chi connectivity index (χ4n) is 2.08. The number of hydrazine groups is 1. The highest BCUT2D eigenvalue weighted by Crippen LogP contribution is 2.21. The largest absolute Gasteiger partial charge is 0.493 e. The van der Waals surface area contributed by atoms with Crippen LogP contribution in [-0.4, -0.2) is 18.4 Å². The lowest BCUT2D eigenvalue weighted by Gasteiger charge is -2.10. The molecule has 0 atom stereocenters. The number of aryl methyl sites for hydroxylation is 1. The molecule has 132 valence electrons. The van der Waals surface area contributed by atoms with E-state index in [1.165, 1.54) is 18.2 Å². The summed E-state index contributed by atoms with van der Waals surface area (Å²) in [6.07, 6.45) is 0.653. The monoisotopic (exact) mass is 364 g/mol. The van der Waals surface area contributed by atoms with Gasteiger partial charge >= 0.3 is 0 Å². The number of hydrogen-bond acceptors (Lipinski definition) is 3. The Labute approximate surface area is 150 Å². The molecule has 2 aromatic rings. The molecule has 0 saturated carbocycles. The molecule has 0 bridgehead atoms. The number of ether oxygens (including phenoxy) is 1. The number of hydrogen-bond donors (Lipinski definition) is 2. The summed E-state index contributed by atoms with van der Waals surface area (Å²) in [7, 11) is 0. The maximum Gasteiger partial charge on any atom is 0.269 e. The van der Waals surface area contributed by atoms with Crippen LogP contribution >= 0.6 is 11.6 Å². The van der Waals surface area contributed by atoms with Gasteiger partial charge in [0.2, 0.25) is 5.91 Å². The molecule has 0 heterocycles. The molecule has 0 aliphatic heterocycles. The predicted octanol–water partition coefficient (Wildman–Crippen LogP) is 3.41.